The largest absolute Gasteiger partial charge is 0.507 e. The zero-order valence-corrected chi connectivity index (χ0v) is 15.7. The van der Waals surface area contributed by atoms with E-state index in [9.17, 15) is 10.4 Å². The fourth-order valence-electron chi connectivity index (χ4n) is 2.51. The topological polar surface area (TPSA) is 75.4 Å². The molecule has 0 bridgehead atoms. The third kappa shape index (κ3) is 3.17. The van der Waals surface area contributed by atoms with Gasteiger partial charge < -0.3 is 14.6 Å². The second kappa shape index (κ2) is 6.83. The first kappa shape index (κ1) is 16.6. The normalized spacial score (nSPS) is 12.8. The maximum Gasteiger partial charge on any atom is 0.231 e. The summed E-state index contributed by atoms with van der Waals surface area (Å²) in [4.78, 5) is 4.58. The highest BCUT2D eigenvalue weighted by molar-refractivity contribution is 9.10. The highest BCUT2D eigenvalue weighted by Crippen LogP contribution is 2.37. The average molecular weight is 427 g/mol. The molecular formula is C19H11BrN2O3S. The number of hydrogen-bond donors (Lipinski definition) is 1. The van der Waals surface area contributed by atoms with Gasteiger partial charge in [0.1, 0.15) is 16.8 Å². The van der Waals surface area contributed by atoms with Crippen molar-refractivity contribution in [1.29, 1.82) is 5.26 Å². The number of halogens is 1. The number of nitrogens with zero attached hydrogens (tertiary/aromatic N) is 2. The summed E-state index contributed by atoms with van der Waals surface area (Å²) in [7, 11) is 0. The van der Waals surface area contributed by atoms with Gasteiger partial charge >= 0.3 is 0 Å². The van der Waals surface area contributed by atoms with Crippen LogP contribution in [0.4, 0.5) is 0 Å². The lowest BCUT2D eigenvalue weighted by molar-refractivity contribution is 0.174. The molecule has 128 valence electrons. The summed E-state index contributed by atoms with van der Waals surface area (Å²) in [5.41, 5.74) is 2.93. The van der Waals surface area contributed by atoms with E-state index in [0.29, 0.717) is 20.8 Å². The Kier molecular flexibility index (Phi) is 4.37. The third-order valence-corrected chi connectivity index (χ3v) is 5.32. The molecule has 1 aromatic heterocycles. The van der Waals surface area contributed by atoms with Crippen molar-refractivity contribution in [2.75, 3.05) is 6.79 Å². The first-order valence-electron chi connectivity index (χ1n) is 7.60. The van der Waals surface area contributed by atoms with Gasteiger partial charge in [0.05, 0.1) is 15.7 Å². The molecule has 7 heteroatoms. The van der Waals surface area contributed by atoms with Crippen molar-refractivity contribution < 1.29 is 14.6 Å². The molecule has 0 unspecified atom stereocenters. The number of thiazole rings is 1. The molecule has 1 N–H and O–H groups in total. The predicted octanol–water partition coefficient (Wildman–Crippen LogP) is 5.07. The number of benzene rings is 2. The van der Waals surface area contributed by atoms with Crippen molar-refractivity contribution in [3.05, 3.63) is 56.8 Å². The Morgan fingerprint density at radius 3 is 2.88 bits per heavy atom. The number of rotatable bonds is 3. The number of aromatic nitrogens is 1. The molecule has 0 spiro atoms. The Morgan fingerprint density at radius 1 is 1.23 bits per heavy atom. The second-order valence-corrected chi connectivity index (χ2v) is 7.20. The van der Waals surface area contributed by atoms with Gasteiger partial charge in [0, 0.05) is 10.9 Å². The van der Waals surface area contributed by atoms with E-state index in [2.05, 4.69) is 27.0 Å². The predicted molar refractivity (Wildman–Crippen MR) is 103 cm³/mol. The maximum absolute atomic E-state index is 9.59. The molecule has 2 aromatic carbocycles. The summed E-state index contributed by atoms with van der Waals surface area (Å²) >= 11 is 4.68. The molecule has 0 atom stereocenters. The van der Waals surface area contributed by atoms with Crippen LogP contribution in [-0.4, -0.2) is 16.9 Å². The Morgan fingerprint density at radius 2 is 2.08 bits per heavy atom. The highest BCUT2D eigenvalue weighted by Gasteiger charge is 2.16. The smallest absolute Gasteiger partial charge is 0.231 e. The molecule has 1 aliphatic rings. The van der Waals surface area contributed by atoms with Crippen LogP contribution in [-0.2, 0) is 0 Å². The van der Waals surface area contributed by atoms with Crippen LogP contribution in [0.5, 0.6) is 17.2 Å². The van der Waals surface area contributed by atoms with Gasteiger partial charge in [0.2, 0.25) is 6.79 Å². The van der Waals surface area contributed by atoms with Crippen LogP contribution in [0.3, 0.4) is 0 Å². The number of fused-ring (bicyclic) bond motifs is 1. The monoisotopic (exact) mass is 426 g/mol. The Labute approximate surface area is 161 Å². The SMILES string of the molecule is N#C/C(=C\c1ccc(O)c(Br)c1)c1nc(-c2ccc3c(c2)OCO3)cs1. The van der Waals surface area contributed by atoms with Gasteiger partial charge in [-0.3, -0.25) is 0 Å². The molecule has 1 aliphatic heterocycles. The number of phenolic OH excluding ortho intramolecular Hbond substituents is 1. The Hall–Kier alpha value is -2.82. The van der Waals surface area contributed by atoms with Gasteiger partial charge in [-0.2, -0.15) is 5.26 Å². The Balaban J connectivity index is 1.66. The van der Waals surface area contributed by atoms with Crippen molar-refractivity contribution >= 4 is 38.9 Å². The minimum Gasteiger partial charge on any atom is -0.507 e. The minimum atomic E-state index is 0.153. The lowest BCUT2D eigenvalue weighted by Gasteiger charge is -2.00. The van der Waals surface area contributed by atoms with Crippen LogP contribution in [0.2, 0.25) is 0 Å². The van der Waals surface area contributed by atoms with Crippen molar-refractivity contribution in [1.82, 2.24) is 4.98 Å². The van der Waals surface area contributed by atoms with Crippen LogP contribution < -0.4 is 9.47 Å². The molecule has 4 rings (SSSR count). The average Bonchev–Trinajstić information content (AvgIpc) is 3.31. The molecule has 26 heavy (non-hydrogen) atoms. The van der Waals surface area contributed by atoms with E-state index in [1.54, 1.807) is 24.3 Å². The molecule has 0 saturated heterocycles. The highest BCUT2D eigenvalue weighted by atomic mass is 79.9. The quantitative estimate of drug-likeness (QED) is 0.591. The standard InChI is InChI=1S/C19H11BrN2O3S/c20-14-6-11(1-3-16(14)23)5-13(8-21)19-22-15(9-26-19)12-2-4-17-18(7-12)25-10-24-17/h1-7,9,23H,10H2/b13-5+. The number of hydrogen-bond acceptors (Lipinski definition) is 6. The Bertz CT molecular complexity index is 1070. The molecule has 0 saturated carbocycles. The minimum absolute atomic E-state index is 0.153. The van der Waals surface area contributed by atoms with Crippen LogP contribution in [0.1, 0.15) is 10.6 Å². The van der Waals surface area contributed by atoms with Gasteiger partial charge in [-0.25, -0.2) is 4.98 Å². The molecule has 0 aliphatic carbocycles. The first-order valence-corrected chi connectivity index (χ1v) is 9.27. The van der Waals surface area contributed by atoms with Gasteiger partial charge in [0.15, 0.2) is 11.5 Å². The lowest BCUT2D eigenvalue weighted by atomic mass is 10.1. The molecule has 3 aromatic rings. The van der Waals surface area contributed by atoms with Crippen molar-refractivity contribution in [2.24, 2.45) is 0 Å². The fourth-order valence-corrected chi connectivity index (χ4v) is 3.70. The van der Waals surface area contributed by atoms with Gasteiger partial charge in [-0.1, -0.05) is 6.07 Å². The van der Waals surface area contributed by atoms with Crippen molar-refractivity contribution in [2.45, 2.75) is 0 Å². The van der Waals surface area contributed by atoms with Crippen LogP contribution >= 0.6 is 27.3 Å². The van der Waals surface area contributed by atoms with E-state index in [0.717, 1.165) is 22.6 Å². The molecular weight excluding hydrogens is 416 g/mol. The summed E-state index contributed by atoms with van der Waals surface area (Å²) < 4.78 is 11.3. The van der Waals surface area contributed by atoms with Crippen LogP contribution in [0.25, 0.3) is 22.9 Å². The second-order valence-electron chi connectivity index (χ2n) is 5.49. The van der Waals surface area contributed by atoms with Crippen LogP contribution in [0.15, 0.2) is 46.3 Å². The number of phenols is 1. The van der Waals surface area contributed by atoms with Crippen molar-refractivity contribution in [3.8, 4) is 34.6 Å². The summed E-state index contributed by atoms with van der Waals surface area (Å²) in [6.07, 6.45) is 1.74. The summed E-state index contributed by atoms with van der Waals surface area (Å²) in [5, 5.41) is 21.6. The zero-order valence-electron chi connectivity index (χ0n) is 13.3. The summed E-state index contributed by atoms with van der Waals surface area (Å²) in [5.74, 6) is 1.57. The molecule has 0 amide bonds. The number of ether oxygens (including phenoxy) is 2. The van der Waals surface area contributed by atoms with Gasteiger partial charge in [-0.15, -0.1) is 11.3 Å². The first-order chi connectivity index (χ1) is 12.6. The van der Waals surface area contributed by atoms with Crippen molar-refractivity contribution in [3.63, 3.8) is 0 Å². The van der Waals surface area contributed by atoms with E-state index in [1.807, 2.05) is 23.6 Å². The van der Waals surface area contributed by atoms with Gasteiger partial charge in [0.25, 0.3) is 0 Å². The van der Waals surface area contributed by atoms with E-state index in [4.69, 9.17) is 9.47 Å². The van der Waals surface area contributed by atoms with E-state index >= 15 is 0 Å². The number of allylic oxidation sites excluding steroid dienone is 1. The van der Waals surface area contributed by atoms with E-state index in [1.165, 1.54) is 11.3 Å². The number of nitriles is 1. The van der Waals surface area contributed by atoms with Gasteiger partial charge in [-0.05, 0) is 57.9 Å². The van der Waals surface area contributed by atoms with Crippen LogP contribution in [0, 0.1) is 11.3 Å². The molecule has 0 fully saturated rings. The molecule has 5 nitrogen and oxygen atoms in total. The summed E-state index contributed by atoms with van der Waals surface area (Å²) in [6, 6.07) is 12.9. The molecule has 0 radical (unpaired) electrons. The third-order valence-electron chi connectivity index (χ3n) is 3.81. The number of aromatic hydroxyl groups is 1. The fraction of sp³-hybridized carbons (Fsp3) is 0.0526. The van der Waals surface area contributed by atoms with E-state index in [-0.39, 0.29) is 12.5 Å². The zero-order chi connectivity index (χ0) is 18.1. The lowest BCUT2D eigenvalue weighted by Crippen LogP contribution is -1.92. The maximum atomic E-state index is 9.59. The molecule has 2 heterocycles. The van der Waals surface area contributed by atoms with E-state index < -0.39 is 0 Å². The summed E-state index contributed by atoms with van der Waals surface area (Å²) in [6.45, 7) is 0.227.